The summed E-state index contributed by atoms with van der Waals surface area (Å²) in [7, 11) is 1.57. The van der Waals surface area contributed by atoms with E-state index >= 15 is 0 Å². The number of nitrogens with zero attached hydrogens (tertiary/aromatic N) is 1. The fraction of sp³-hybridized carbons (Fsp3) is 0.833. The lowest BCUT2D eigenvalue weighted by molar-refractivity contribution is -0.153. The van der Waals surface area contributed by atoms with Gasteiger partial charge in [0.2, 0.25) is 5.91 Å². The van der Waals surface area contributed by atoms with Crippen LogP contribution < -0.4 is 0 Å². The third-order valence-electron chi connectivity index (χ3n) is 3.04. The Morgan fingerprint density at radius 1 is 1.00 bits per heavy atom. The summed E-state index contributed by atoms with van der Waals surface area (Å²) in [6.07, 6.45) is 0. The molecule has 0 heterocycles. The van der Waals surface area contributed by atoms with Crippen molar-refractivity contribution in [2.24, 2.45) is 17.8 Å². The number of aliphatic carboxylic acids is 1. The van der Waals surface area contributed by atoms with Crippen LogP contribution in [0.25, 0.3) is 0 Å². The first-order valence-corrected chi connectivity index (χ1v) is 5.69. The molecule has 0 unspecified atom stereocenters. The first-order chi connectivity index (χ1) is 7.20. The Hall–Kier alpha value is -1.06. The van der Waals surface area contributed by atoms with Crippen molar-refractivity contribution in [3.8, 4) is 0 Å². The SMILES string of the molecule is CC(C)[C@H](C)C(=O)N(C)[C@H](C(=O)O)C(C)C. The van der Waals surface area contributed by atoms with E-state index in [0.717, 1.165) is 0 Å². The van der Waals surface area contributed by atoms with Crippen LogP contribution in [0, 0.1) is 17.8 Å². The standard InChI is InChI=1S/C12H23NO3/c1-7(2)9(5)11(14)13(6)10(8(3)4)12(15)16/h7-10H,1-6H3,(H,15,16)/t9-,10-/m0/s1. The minimum absolute atomic E-state index is 0.0918. The molecular formula is C12H23NO3. The summed E-state index contributed by atoms with van der Waals surface area (Å²) in [6, 6.07) is -0.742. The maximum atomic E-state index is 12.0. The zero-order valence-electron chi connectivity index (χ0n) is 11.0. The molecule has 4 heteroatoms. The van der Waals surface area contributed by atoms with Gasteiger partial charge in [-0.15, -0.1) is 0 Å². The van der Waals surface area contributed by atoms with Crippen LogP contribution in [0.3, 0.4) is 0 Å². The number of carbonyl (C=O) groups is 2. The van der Waals surface area contributed by atoms with Crippen LogP contribution in [0.4, 0.5) is 0 Å². The molecule has 0 fully saturated rings. The van der Waals surface area contributed by atoms with Crippen LogP contribution in [0.2, 0.25) is 0 Å². The van der Waals surface area contributed by atoms with Gasteiger partial charge in [-0.1, -0.05) is 34.6 Å². The molecule has 0 aromatic heterocycles. The molecule has 0 aromatic carbocycles. The number of hydrogen-bond acceptors (Lipinski definition) is 2. The minimum atomic E-state index is -0.943. The molecule has 0 saturated carbocycles. The van der Waals surface area contributed by atoms with E-state index in [0.29, 0.717) is 0 Å². The summed E-state index contributed by atoms with van der Waals surface area (Å²) in [5.74, 6) is -1.06. The quantitative estimate of drug-likeness (QED) is 0.782. The highest BCUT2D eigenvalue weighted by Crippen LogP contribution is 2.17. The number of rotatable bonds is 5. The zero-order chi connectivity index (χ0) is 13.0. The van der Waals surface area contributed by atoms with Gasteiger partial charge in [0, 0.05) is 13.0 Å². The molecule has 1 N–H and O–H groups in total. The van der Waals surface area contributed by atoms with Gasteiger partial charge in [-0.2, -0.15) is 0 Å². The lowest BCUT2D eigenvalue weighted by atomic mass is 9.94. The van der Waals surface area contributed by atoms with Gasteiger partial charge in [-0.05, 0) is 11.8 Å². The summed E-state index contributed by atoms with van der Waals surface area (Å²) in [5, 5.41) is 9.09. The van der Waals surface area contributed by atoms with Crippen LogP contribution in [-0.2, 0) is 9.59 Å². The van der Waals surface area contributed by atoms with E-state index in [1.165, 1.54) is 4.90 Å². The molecule has 0 rings (SSSR count). The van der Waals surface area contributed by atoms with Crippen LogP contribution in [-0.4, -0.2) is 35.0 Å². The predicted molar refractivity (Wildman–Crippen MR) is 63.0 cm³/mol. The summed E-state index contributed by atoms with van der Waals surface area (Å²) >= 11 is 0. The fourth-order valence-electron chi connectivity index (χ4n) is 1.64. The normalized spacial score (nSPS) is 15.0. The van der Waals surface area contributed by atoms with Gasteiger partial charge < -0.3 is 10.0 Å². The average Bonchev–Trinajstić information content (AvgIpc) is 2.13. The van der Waals surface area contributed by atoms with Crippen LogP contribution in [0.1, 0.15) is 34.6 Å². The average molecular weight is 229 g/mol. The van der Waals surface area contributed by atoms with Crippen molar-refractivity contribution in [2.75, 3.05) is 7.05 Å². The topological polar surface area (TPSA) is 57.6 Å². The van der Waals surface area contributed by atoms with E-state index in [4.69, 9.17) is 5.11 Å². The van der Waals surface area contributed by atoms with Crippen LogP contribution in [0.15, 0.2) is 0 Å². The summed E-state index contributed by atoms with van der Waals surface area (Å²) in [4.78, 5) is 24.4. The van der Waals surface area contributed by atoms with Crippen molar-refractivity contribution in [3.63, 3.8) is 0 Å². The lowest BCUT2D eigenvalue weighted by Crippen LogP contribution is -2.48. The molecule has 4 nitrogen and oxygen atoms in total. The van der Waals surface area contributed by atoms with Gasteiger partial charge in [-0.3, -0.25) is 4.79 Å². The van der Waals surface area contributed by atoms with E-state index in [9.17, 15) is 9.59 Å². The number of amides is 1. The maximum Gasteiger partial charge on any atom is 0.326 e. The van der Waals surface area contributed by atoms with Crippen molar-refractivity contribution in [1.29, 1.82) is 0 Å². The van der Waals surface area contributed by atoms with Crippen molar-refractivity contribution in [2.45, 2.75) is 40.7 Å². The molecule has 16 heavy (non-hydrogen) atoms. The van der Waals surface area contributed by atoms with Crippen LogP contribution >= 0.6 is 0 Å². The molecule has 94 valence electrons. The van der Waals surface area contributed by atoms with Gasteiger partial charge in [-0.25, -0.2) is 4.79 Å². The number of hydrogen-bond donors (Lipinski definition) is 1. The lowest BCUT2D eigenvalue weighted by Gasteiger charge is -2.31. The highest BCUT2D eigenvalue weighted by molar-refractivity contribution is 5.85. The highest BCUT2D eigenvalue weighted by atomic mass is 16.4. The summed E-state index contributed by atoms with van der Waals surface area (Å²) in [5.41, 5.74) is 0. The maximum absolute atomic E-state index is 12.0. The van der Waals surface area contributed by atoms with E-state index in [1.54, 1.807) is 7.05 Å². The second-order valence-corrected chi connectivity index (χ2v) is 5.01. The van der Waals surface area contributed by atoms with Crippen molar-refractivity contribution >= 4 is 11.9 Å². The minimum Gasteiger partial charge on any atom is -0.480 e. The zero-order valence-corrected chi connectivity index (χ0v) is 11.0. The highest BCUT2D eigenvalue weighted by Gasteiger charge is 2.32. The summed E-state index contributed by atoms with van der Waals surface area (Å²) < 4.78 is 0. The Kier molecular flexibility index (Phi) is 5.48. The fourth-order valence-corrected chi connectivity index (χ4v) is 1.64. The third-order valence-corrected chi connectivity index (χ3v) is 3.04. The van der Waals surface area contributed by atoms with E-state index in [-0.39, 0.29) is 23.7 Å². The van der Waals surface area contributed by atoms with Crippen LogP contribution in [0.5, 0.6) is 0 Å². The molecular weight excluding hydrogens is 206 g/mol. The number of carbonyl (C=O) groups excluding carboxylic acids is 1. The summed E-state index contributed by atoms with van der Waals surface area (Å²) in [6.45, 7) is 9.37. The molecule has 0 saturated heterocycles. The second-order valence-electron chi connectivity index (χ2n) is 5.01. The van der Waals surface area contributed by atoms with Crippen molar-refractivity contribution in [3.05, 3.63) is 0 Å². The second kappa shape index (κ2) is 5.87. The Labute approximate surface area is 97.6 Å². The van der Waals surface area contributed by atoms with Gasteiger partial charge in [0.25, 0.3) is 0 Å². The predicted octanol–water partition coefficient (Wildman–Crippen LogP) is 1.85. The molecule has 2 atom stereocenters. The first-order valence-electron chi connectivity index (χ1n) is 5.69. The van der Waals surface area contributed by atoms with Gasteiger partial charge in [0.05, 0.1) is 0 Å². The number of carboxylic acids is 1. The molecule has 0 aliphatic carbocycles. The van der Waals surface area contributed by atoms with E-state index in [1.807, 2.05) is 34.6 Å². The molecule has 1 amide bonds. The third kappa shape index (κ3) is 3.51. The Morgan fingerprint density at radius 2 is 1.44 bits per heavy atom. The number of carboxylic acid groups (broad SMARTS) is 1. The molecule has 0 radical (unpaired) electrons. The Bertz CT molecular complexity index is 261. The molecule has 0 spiro atoms. The van der Waals surface area contributed by atoms with Gasteiger partial charge in [0.15, 0.2) is 0 Å². The molecule has 0 aliphatic rings. The monoisotopic (exact) mass is 229 g/mol. The molecule has 0 bridgehead atoms. The van der Waals surface area contributed by atoms with Crippen molar-refractivity contribution < 1.29 is 14.7 Å². The smallest absolute Gasteiger partial charge is 0.326 e. The van der Waals surface area contributed by atoms with Crippen molar-refractivity contribution in [1.82, 2.24) is 4.90 Å². The van der Waals surface area contributed by atoms with E-state index in [2.05, 4.69) is 0 Å². The Morgan fingerprint density at radius 3 is 1.69 bits per heavy atom. The van der Waals surface area contributed by atoms with E-state index < -0.39 is 12.0 Å². The largest absolute Gasteiger partial charge is 0.480 e. The Balaban J connectivity index is 4.81. The molecule has 0 aromatic rings. The first kappa shape index (κ1) is 14.9. The van der Waals surface area contributed by atoms with Gasteiger partial charge >= 0.3 is 5.97 Å². The number of likely N-dealkylation sites (N-methyl/N-ethyl adjacent to an activating group) is 1. The molecule has 0 aliphatic heterocycles. The van der Waals surface area contributed by atoms with Gasteiger partial charge in [0.1, 0.15) is 6.04 Å².